The van der Waals surface area contributed by atoms with Crippen molar-refractivity contribution in [2.45, 2.75) is 27.1 Å². The molecule has 1 radical (unpaired) electrons. The fourth-order valence-corrected chi connectivity index (χ4v) is 1.41. The summed E-state index contributed by atoms with van der Waals surface area (Å²) in [4.78, 5) is 11.3. The van der Waals surface area contributed by atoms with Gasteiger partial charge in [-0.3, -0.25) is 4.79 Å². The maximum absolute atomic E-state index is 11.3. The predicted molar refractivity (Wildman–Crippen MR) is 60.4 cm³/mol. The molecule has 0 atom stereocenters. The van der Waals surface area contributed by atoms with E-state index >= 15 is 0 Å². The molecule has 1 heterocycles. The quantitative estimate of drug-likeness (QED) is 0.713. The molecule has 0 aromatic carbocycles. The maximum Gasteiger partial charge on any atom is 0.262 e. The lowest BCUT2D eigenvalue weighted by Crippen LogP contribution is -2.19. The monoisotopic (exact) mass is 209 g/mol. The summed E-state index contributed by atoms with van der Waals surface area (Å²) in [6, 6.07) is 1.79. The van der Waals surface area contributed by atoms with E-state index in [0.717, 1.165) is 6.32 Å². The normalized spacial score (nSPS) is 11.1. The Balaban J connectivity index is 2.30. The fraction of sp³-hybridized carbons (Fsp3) is 0.500. The number of hydrogen-bond acceptors (Lipinski definition) is 3. The highest BCUT2D eigenvalue weighted by Crippen LogP contribution is 2.19. The molecule has 1 aromatic rings. The Bertz CT molecular complexity index is 288. The van der Waals surface area contributed by atoms with Crippen LogP contribution in [-0.2, 0) is 0 Å². The summed E-state index contributed by atoms with van der Waals surface area (Å²) in [5, 5.41) is 3.69. The van der Waals surface area contributed by atoms with Gasteiger partial charge in [0.1, 0.15) is 5.75 Å². The molecule has 0 aliphatic carbocycles. The van der Waals surface area contributed by atoms with Gasteiger partial charge in [0, 0.05) is 5.38 Å². The smallest absolute Gasteiger partial charge is 0.262 e. The van der Waals surface area contributed by atoms with Gasteiger partial charge in [0.15, 0.2) is 0 Å². The Hall–Kier alpha value is -0.765. The van der Waals surface area contributed by atoms with Gasteiger partial charge in [0.25, 0.3) is 7.28 Å². The Morgan fingerprint density at radius 2 is 2.29 bits per heavy atom. The first-order valence-electron chi connectivity index (χ1n) is 4.54. The van der Waals surface area contributed by atoms with Crippen LogP contribution >= 0.6 is 11.3 Å². The Morgan fingerprint density at radius 1 is 1.57 bits per heavy atom. The third kappa shape index (κ3) is 4.47. The average Bonchev–Trinajstić information content (AvgIpc) is 2.52. The second-order valence-electron chi connectivity index (χ2n) is 4.35. The van der Waals surface area contributed by atoms with Crippen LogP contribution in [-0.4, -0.2) is 13.1 Å². The molecular formula is C10H14BO2S. The first-order chi connectivity index (χ1) is 6.47. The van der Waals surface area contributed by atoms with Crippen LogP contribution in [0.3, 0.4) is 0 Å². The standard InChI is InChI=1S/C10H14BO2S/c1-10(2,3)7-11-9(12)13-8-4-5-14-6-8/h4-6H,7H2,1-3H3. The molecule has 0 unspecified atom stereocenters. The lowest BCUT2D eigenvalue weighted by molar-refractivity contribution is 0.224. The minimum atomic E-state index is -0.265. The van der Waals surface area contributed by atoms with Crippen molar-refractivity contribution < 1.29 is 9.53 Å². The predicted octanol–water partition coefficient (Wildman–Crippen LogP) is 3.42. The van der Waals surface area contributed by atoms with Gasteiger partial charge in [-0.05, 0) is 16.9 Å². The van der Waals surface area contributed by atoms with Crippen LogP contribution in [0.2, 0.25) is 6.32 Å². The van der Waals surface area contributed by atoms with Crippen molar-refractivity contribution in [1.29, 1.82) is 0 Å². The van der Waals surface area contributed by atoms with Crippen LogP contribution in [0.15, 0.2) is 16.8 Å². The van der Waals surface area contributed by atoms with E-state index in [1.165, 1.54) is 11.3 Å². The average molecular weight is 209 g/mol. The number of rotatable bonds is 3. The molecule has 2 nitrogen and oxygen atoms in total. The summed E-state index contributed by atoms with van der Waals surface area (Å²) < 4.78 is 5.07. The lowest BCUT2D eigenvalue weighted by Gasteiger charge is -2.16. The first kappa shape index (κ1) is 11.3. The van der Waals surface area contributed by atoms with E-state index in [2.05, 4.69) is 20.8 Å². The Morgan fingerprint density at radius 3 is 2.79 bits per heavy atom. The molecule has 0 saturated carbocycles. The summed E-state index contributed by atoms with van der Waals surface area (Å²) in [5.41, 5.74) is 0.133. The first-order valence-corrected chi connectivity index (χ1v) is 5.49. The van der Waals surface area contributed by atoms with E-state index in [-0.39, 0.29) is 11.3 Å². The van der Waals surface area contributed by atoms with Gasteiger partial charge in [-0.2, -0.15) is 0 Å². The van der Waals surface area contributed by atoms with Crippen molar-refractivity contribution in [2.75, 3.05) is 0 Å². The zero-order valence-corrected chi connectivity index (χ0v) is 9.56. The van der Waals surface area contributed by atoms with Gasteiger partial charge in [0.2, 0.25) is 5.87 Å². The minimum absolute atomic E-state index is 0.133. The lowest BCUT2D eigenvalue weighted by atomic mass is 9.65. The van der Waals surface area contributed by atoms with Crippen molar-refractivity contribution >= 4 is 24.5 Å². The molecule has 0 spiro atoms. The molecular weight excluding hydrogens is 195 g/mol. The molecule has 4 heteroatoms. The highest BCUT2D eigenvalue weighted by Gasteiger charge is 2.15. The minimum Gasteiger partial charge on any atom is -0.434 e. The van der Waals surface area contributed by atoms with Crippen LogP contribution in [0.25, 0.3) is 0 Å². The van der Waals surface area contributed by atoms with Gasteiger partial charge in [-0.1, -0.05) is 27.1 Å². The van der Waals surface area contributed by atoms with Gasteiger partial charge in [-0.25, -0.2) is 0 Å². The van der Waals surface area contributed by atoms with Crippen molar-refractivity contribution in [3.05, 3.63) is 16.8 Å². The van der Waals surface area contributed by atoms with E-state index < -0.39 is 0 Å². The summed E-state index contributed by atoms with van der Waals surface area (Å²) in [5.74, 6) is 0.364. The maximum atomic E-state index is 11.3. The van der Waals surface area contributed by atoms with E-state index in [9.17, 15) is 4.79 Å². The summed E-state index contributed by atoms with van der Waals surface area (Å²) in [6.07, 6.45) is 0.732. The van der Waals surface area contributed by atoms with Crippen molar-refractivity contribution in [1.82, 2.24) is 0 Å². The van der Waals surface area contributed by atoms with E-state index in [4.69, 9.17) is 4.74 Å². The summed E-state index contributed by atoms with van der Waals surface area (Å²) in [6.45, 7) is 6.25. The Kier molecular flexibility index (Phi) is 3.75. The molecule has 0 saturated heterocycles. The van der Waals surface area contributed by atoms with Crippen molar-refractivity contribution in [3.8, 4) is 5.75 Å². The van der Waals surface area contributed by atoms with Gasteiger partial charge in [-0.15, -0.1) is 11.3 Å². The highest BCUT2D eigenvalue weighted by molar-refractivity contribution is 7.08. The van der Waals surface area contributed by atoms with Crippen LogP contribution < -0.4 is 4.74 Å². The Labute approximate surface area is 89.5 Å². The number of carbonyl (C=O) groups is 1. The third-order valence-electron chi connectivity index (χ3n) is 1.59. The number of carbonyl (C=O) groups excluding carboxylic acids is 1. The van der Waals surface area contributed by atoms with Crippen LogP contribution in [0.4, 0.5) is 4.79 Å². The number of ether oxygens (including phenoxy) is 1. The molecule has 1 rings (SSSR count). The summed E-state index contributed by atoms with van der Waals surface area (Å²) in [7, 11) is 1.59. The van der Waals surface area contributed by atoms with Gasteiger partial charge >= 0.3 is 0 Å². The zero-order valence-electron chi connectivity index (χ0n) is 8.74. The fourth-order valence-electron chi connectivity index (χ4n) is 0.857. The number of thiophene rings is 1. The molecule has 0 aliphatic rings. The molecule has 0 fully saturated rings. The molecule has 75 valence electrons. The summed E-state index contributed by atoms with van der Waals surface area (Å²) >= 11 is 1.51. The zero-order chi connectivity index (χ0) is 10.6. The van der Waals surface area contributed by atoms with Gasteiger partial charge in [0.05, 0.1) is 0 Å². The third-order valence-corrected chi connectivity index (χ3v) is 2.26. The second kappa shape index (κ2) is 4.64. The SMILES string of the molecule is CC(C)(C)C[B]C(=O)Oc1ccsc1. The topological polar surface area (TPSA) is 26.3 Å². The molecule has 0 amide bonds. The highest BCUT2D eigenvalue weighted by atomic mass is 32.1. The van der Waals surface area contributed by atoms with E-state index in [1.54, 1.807) is 13.3 Å². The van der Waals surface area contributed by atoms with E-state index in [0.29, 0.717) is 5.75 Å². The van der Waals surface area contributed by atoms with Crippen molar-refractivity contribution in [3.63, 3.8) is 0 Å². The molecule has 0 bridgehead atoms. The van der Waals surface area contributed by atoms with Crippen LogP contribution in [0.5, 0.6) is 5.75 Å². The molecule has 14 heavy (non-hydrogen) atoms. The van der Waals surface area contributed by atoms with Crippen LogP contribution in [0, 0.1) is 5.41 Å². The molecule has 0 N–H and O–H groups in total. The van der Waals surface area contributed by atoms with Crippen molar-refractivity contribution in [2.24, 2.45) is 5.41 Å². The largest absolute Gasteiger partial charge is 0.434 e. The molecule has 1 aromatic heterocycles. The second-order valence-corrected chi connectivity index (χ2v) is 5.13. The van der Waals surface area contributed by atoms with E-state index in [1.807, 2.05) is 10.8 Å². The van der Waals surface area contributed by atoms with Crippen LogP contribution in [0.1, 0.15) is 20.8 Å². The number of hydrogen-bond donors (Lipinski definition) is 0. The van der Waals surface area contributed by atoms with Gasteiger partial charge < -0.3 is 4.74 Å². The molecule has 0 aliphatic heterocycles.